The summed E-state index contributed by atoms with van der Waals surface area (Å²) in [6, 6.07) is 4.13. The predicted molar refractivity (Wildman–Crippen MR) is 124 cm³/mol. The van der Waals surface area contributed by atoms with Crippen molar-refractivity contribution in [2.24, 2.45) is 0 Å². The van der Waals surface area contributed by atoms with Crippen LogP contribution >= 0.6 is 0 Å². The number of allylic oxidation sites excluding steroid dienone is 3. The molecule has 2 N–H and O–H groups in total. The zero-order valence-corrected chi connectivity index (χ0v) is 20.1. The Hall–Kier alpha value is -3.83. The minimum absolute atomic E-state index is 0.0465. The third-order valence-electron chi connectivity index (χ3n) is 6.48. The van der Waals surface area contributed by atoms with Crippen molar-refractivity contribution in [2.75, 3.05) is 0 Å². The number of nitrogens with one attached hydrogen (secondary N) is 1. The van der Waals surface area contributed by atoms with E-state index < -0.39 is 53.0 Å². The van der Waals surface area contributed by atoms with E-state index in [4.69, 9.17) is 0 Å². The van der Waals surface area contributed by atoms with Gasteiger partial charge in [0.1, 0.15) is 0 Å². The van der Waals surface area contributed by atoms with Crippen LogP contribution < -0.4 is 5.32 Å². The second-order valence-corrected chi connectivity index (χ2v) is 9.12. The van der Waals surface area contributed by atoms with Gasteiger partial charge in [0.25, 0.3) is 5.91 Å². The number of hydrogen-bond donors (Lipinski definition) is 2. The highest BCUT2D eigenvalue weighted by Gasteiger charge is 2.49. The van der Waals surface area contributed by atoms with E-state index >= 15 is 0 Å². The van der Waals surface area contributed by atoms with E-state index in [-0.39, 0.29) is 29.8 Å². The summed E-state index contributed by atoms with van der Waals surface area (Å²) in [7, 11) is 0. The Labute approximate surface area is 213 Å². The number of rotatable bonds is 7. The number of carbonyl (C=O) groups is 2. The van der Waals surface area contributed by atoms with Gasteiger partial charge in [-0.15, -0.1) is 0 Å². The van der Waals surface area contributed by atoms with Crippen molar-refractivity contribution in [1.29, 1.82) is 0 Å². The van der Waals surface area contributed by atoms with Crippen LogP contribution in [0.5, 0.6) is 0 Å². The van der Waals surface area contributed by atoms with E-state index in [1.54, 1.807) is 12.2 Å². The highest BCUT2D eigenvalue weighted by molar-refractivity contribution is 5.98. The first-order chi connectivity index (χ1) is 17.7. The Morgan fingerprint density at radius 3 is 2.39 bits per heavy atom. The molecule has 2 aromatic rings. The largest absolute Gasteiger partial charge is 0.478 e. The Balaban J connectivity index is 1.73. The first-order valence-corrected chi connectivity index (χ1v) is 11.7. The molecule has 1 aromatic heterocycles. The van der Waals surface area contributed by atoms with Crippen molar-refractivity contribution in [3.05, 3.63) is 87.8 Å². The lowest BCUT2D eigenvalue weighted by atomic mass is 10.00. The third-order valence-corrected chi connectivity index (χ3v) is 6.48. The van der Waals surface area contributed by atoms with Crippen LogP contribution in [-0.4, -0.2) is 32.3 Å². The summed E-state index contributed by atoms with van der Waals surface area (Å²) in [6.45, 7) is 1.19. The number of aryl methyl sites for hydroxylation is 1. The van der Waals surface area contributed by atoms with Crippen LogP contribution in [0.3, 0.4) is 0 Å². The molecule has 38 heavy (non-hydrogen) atoms. The molecule has 0 radical (unpaired) electrons. The second kappa shape index (κ2) is 9.80. The molecule has 2 aliphatic carbocycles. The molecule has 202 valence electrons. The van der Waals surface area contributed by atoms with E-state index in [0.717, 1.165) is 18.2 Å². The maximum absolute atomic E-state index is 14.1. The van der Waals surface area contributed by atoms with Crippen LogP contribution in [-0.2, 0) is 30.1 Å². The standard InChI is InChI=1S/C26H23F6N3O3/c1-2-35-21(26(30,31)32)20(19(34-35)14-15-5-3-8-18(13-15)25(27,28)29)22(36)33-24(11-12-24)17-7-4-6-16(9-10-17)23(37)38/h3-5,7-10,13H,2,6,11-12,14H2,1H3,(H,33,36)(H,37,38). The van der Waals surface area contributed by atoms with Crippen LogP contribution in [0, 0.1) is 0 Å². The van der Waals surface area contributed by atoms with Gasteiger partial charge in [-0.25, -0.2) is 4.79 Å². The van der Waals surface area contributed by atoms with Gasteiger partial charge < -0.3 is 10.4 Å². The van der Waals surface area contributed by atoms with Gasteiger partial charge in [0.15, 0.2) is 5.69 Å². The predicted octanol–water partition coefficient (Wildman–Crippen LogP) is 5.69. The van der Waals surface area contributed by atoms with Gasteiger partial charge in [-0.1, -0.05) is 42.5 Å². The van der Waals surface area contributed by atoms with Crippen molar-refractivity contribution in [2.45, 2.75) is 57.0 Å². The first-order valence-electron chi connectivity index (χ1n) is 11.7. The molecule has 1 saturated carbocycles. The highest BCUT2D eigenvalue weighted by atomic mass is 19.4. The lowest BCUT2D eigenvalue weighted by Gasteiger charge is -2.20. The lowest BCUT2D eigenvalue weighted by molar-refractivity contribution is -0.144. The third kappa shape index (κ3) is 5.53. The molecule has 1 amide bonds. The zero-order valence-electron chi connectivity index (χ0n) is 20.1. The quantitative estimate of drug-likeness (QED) is 0.443. The molecule has 0 saturated heterocycles. The van der Waals surface area contributed by atoms with E-state index in [2.05, 4.69) is 10.4 Å². The maximum Gasteiger partial charge on any atom is 0.433 e. The van der Waals surface area contributed by atoms with Gasteiger partial charge in [-0.3, -0.25) is 9.48 Å². The number of carboxylic acid groups (broad SMARTS) is 1. The number of amides is 1. The average Bonchev–Trinajstić information content (AvgIpc) is 3.55. The van der Waals surface area contributed by atoms with Gasteiger partial charge in [0.05, 0.1) is 22.4 Å². The summed E-state index contributed by atoms with van der Waals surface area (Å²) >= 11 is 0. The SMILES string of the molecule is CCn1nc(Cc2cccc(C(F)(F)F)c2)c(C(=O)NC2(C3=CC=C(C(=O)O)CC=C3)CC2)c1C(F)(F)F. The smallest absolute Gasteiger partial charge is 0.433 e. The number of benzene rings is 1. The molecule has 0 unspecified atom stereocenters. The molecular formula is C26H23F6N3O3. The summed E-state index contributed by atoms with van der Waals surface area (Å²) in [5.41, 5.74) is -3.59. The zero-order chi connectivity index (χ0) is 27.9. The fourth-order valence-corrected chi connectivity index (χ4v) is 4.44. The molecule has 0 bridgehead atoms. The van der Waals surface area contributed by atoms with Crippen molar-refractivity contribution in [1.82, 2.24) is 15.1 Å². The van der Waals surface area contributed by atoms with E-state index in [9.17, 15) is 41.0 Å². The van der Waals surface area contributed by atoms with Crippen molar-refractivity contribution in [3.8, 4) is 0 Å². The molecule has 1 heterocycles. The first kappa shape index (κ1) is 27.2. The minimum Gasteiger partial charge on any atom is -0.478 e. The summed E-state index contributed by atoms with van der Waals surface area (Å²) in [4.78, 5) is 24.7. The molecule has 4 rings (SSSR count). The molecule has 0 aliphatic heterocycles. The molecular weight excluding hydrogens is 516 g/mol. The number of carbonyl (C=O) groups excluding carboxylic acids is 1. The topological polar surface area (TPSA) is 84.2 Å². The van der Waals surface area contributed by atoms with Crippen molar-refractivity contribution >= 4 is 11.9 Å². The van der Waals surface area contributed by atoms with E-state index in [1.165, 1.54) is 25.1 Å². The summed E-state index contributed by atoms with van der Waals surface area (Å²) < 4.78 is 82.6. The Bertz CT molecular complexity index is 1360. The second-order valence-electron chi connectivity index (χ2n) is 9.12. The lowest BCUT2D eigenvalue weighted by Crippen LogP contribution is -2.39. The molecule has 12 heteroatoms. The summed E-state index contributed by atoms with van der Waals surface area (Å²) in [6.07, 6.45) is -2.94. The number of aliphatic carboxylic acids is 1. The van der Waals surface area contributed by atoms with Crippen LogP contribution in [0.4, 0.5) is 26.3 Å². The fourth-order valence-electron chi connectivity index (χ4n) is 4.44. The minimum atomic E-state index is -4.96. The number of aromatic nitrogens is 2. The average molecular weight is 539 g/mol. The maximum atomic E-state index is 14.1. The molecule has 1 fully saturated rings. The van der Waals surface area contributed by atoms with Crippen LogP contribution in [0.15, 0.2) is 59.7 Å². The molecule has 2 aliphatic rings. The van der Waals surface area contributed by atoms with Crippen LogP contribution in [0.2, 0.25) is 0 Å². The molecule has 0 atom stereocenters. The van der Waals surface area contributed by atoms with Crippen molar-refractivity contribution in [3.63, 3.8) is 0 Å². The van der Waals surface area contributed by atoms with Gasteiger partial charge in [0.2, 0.25) is 0 Å². The van der Waals surface area contributed by atoms with Crippen LogP contribution in [0.1, 0.15) is 59.1 Å². The normalized spacial score (nSPS) is 16.9. The number of nitrogens with zero attached hydrogens (tertiary/aromatic N) is 2. The van der Waals surface area contributed by atoms with Crippen LogP contribution in [0.25, 0.3) is 0 Å². The summed E-state index contributed by atoms with van der Waals surface area (Å²) in [5, 5.41) is 15.9. The van der Waals surface area contributed by atoms with Gasteiger partial charge >= 0.3 is 18.3 Å². The van der Waals surface area contributed by atoms with E-state index in [0.29, 0.717) is 23.1 Å². The van der Waals surface area contributed by atoms with Gasteiger partial charge in [0, 0.05) is 18.5 Å². The molecule has 6 nitrogen and oxygen atoms in total. The van der Waals surface area contributed by atoms with E-state index in [1.807, 2.05) is 0 Å². The Morgan fingerprint density at radius 2 is 1.82 bits per heavy atom. The molecule has 0 spiro atoms. The van der Waals surface area contributed by atoms with Gasteiger partial charge in [-0.2, -0.15) is 31.4 Å². The number of alkyl halides is 6. The monoisotopic (exact) mass is 539 g/mol. The number of halogens is 6. The number of carboxylic acids is 1. The highest BCUT2D eigenvalue weighted by Crippen LogP contribution is 2.44. The Morgan fingerprint density at radius 1 is 1.11 bits per heavy atom. The van der Waals surface area contributed by atoms with Gasteiger partial charge in [-0.05, 0) is 43.4 Å². The van der Waals surface area contributed by atoms with Crippen molar-refractivity contribution < 1.29 is 41.0 Å². The molecule has 1 aromatic carbocycles. The fraction of sp³-hybridized carbons (Fsp3) is 0.346. The summed E-state index contributed by atoms with van der Waals surface area (Å²) in [5.74, 6) is -2.17. The number of hydrogen-bond acceptors (Lipinski definition) is 3. The Kier molecular flexibility index (Phi) is 7.02.